The number of hydrogen-bond acceptors (Lipinski definition) is 4. The van der Waals surface area contributed by atoms with Crippen LogP contribution in [-0.2, 0) is 0 Å². The number of fused-ring (bicyclic) bond motifs is 1. The van der Waals surface area contributed by atoms with E-state index in [-0.39, 0.29) is 5.69 Å². The first kappa shape index (κ1) is 8.12. The second-order valence-electron chi connectivity index (χ2n) is 2.60. The molecule has 2 rings (SSSR count). The average molecular weight is 194 g/mol. The summed E-state index contributed by atoms with van der Waals surface area (Å²) < 4.78 is 0. The van der Waals surface area contributed by atoms with Crippen molar-refractivity contribution in [2.45, 2.75) is 6.92 Å². The number of aromatic nitrogens is 2. The highest BCUT2D eigenvalue weighted by atomic mass is 32.1. The second kappa shape index (κ2) is 2.77. The maximum Gasteiger partial charge on any atom is 0.355 e. The first-order valence-electron chi connectivity index (χ1n) is 3.63. The van der Waals surface area contributed by atoms with Gasteiger partial charge in [0.2, 0.25) is 0 Å². The lowest BCUT2D eigenvalue weighted by atomic mass is 10.3. The summed E-state index contributed by atoms with van der Waals surface area (Å²) in [6.07, 6.45) is 1.28. The Balaban J connectivity index is 2.82. The first-order chi connectivity index (χ1) is 6.18. The predicted molar refractivity (Wildman–Crippen MR) is 49.1 cm³/mol. The highest BCUT2D eigenvalue weighted by Gasteiger charge is 2.12. The molecule has 1 N–H and O–H groups in total. The van der Waals surface area contributed by atoms with Gasteiger partial charge in [0.15, 0.2) is 5.69 Å². The van der Waals surface area contributed by atoms with Crippen molar-refractivity contribution < 1.29 is 9.90 Å². The smallest absolute Gasteiger partial charge is 0.355 e. The van der Waals surface area contributed by atoms with Crippen molar-refractivity contribution in [1.82, 2.24) is 9.97 Å². The Hall–Kier alpha value is -1.49. The minimum Gasteiger partial charge on any atom is -0.476 e. The van der Waals surface area contributed by atoms with Gasteiger partial charge in [0.1, 0.15) is 11.2 Å². The maximum absolute atomic E-state index is 10.7. The summed E-state index contributed by atoms with van der Waals surface area (Å²) in [4.78, 5) is 20.2. The van der Waals surface area contributed by atoms with Gasteiger partial charge in [-0.05, 0) is 13.0 Å². The number of rotatable bonds is 1. The van der Waals surface area contributed by atoms with Gasteiger partial charge in [-0.2, -0.15) is 0 Å². The molecule has 0 atom stereocenters. The maximum atomic E-state index is 10.7. The largest absolute Gasteiger partial charge is 0.476 e. The Kier molecular flexibility index (Phi) is 1.73. The van der Waals surface area contributed by atoms with Gasteiger partial charge in [-0.15, -0.1) is 11.3 Å². The zero-order valence-electron chi connectivity index (χ0n) is 6.81. The lowest BCUT2D eigenvalue weighted by Crippen LogP contribution is -2.00. The van der Waals surface area contributed by atoms with Crippen LogP contribution in [0.25, 0.3) is 10.2 Å². The van der Waals surface area contributed by atoms with Crippen molar-refractivity contribution in [3.05, 3.63) is 23.0 Å². The van der Waals surface area contributed by atoms with Crippen molar-refractivity contribution in [3.63, 3.8) is 0 Å². The number of thiophene rings is 1. The van der Waals surface area contributed by atoms with Crippen LogP contribution in [0.15, 0.2) is 12.4 Å². The molecule has 0 bridgehead atoms. The summed E-state index contributed by atoms with van der Waals surface area (Å²) in [6, 6.07) is 1.80. The zero-order chi connectivity index (χ0) is 9.42. The molecule has 2 aromatic rings. The molecule has 0 unspecified atom stereocenters. The van der Waals surface area contributed by atoms with Gasteiger partial charge in [0.05, 0.1) is 0 Å². The van der Waals surface area contributed by atoms with Gasteiger partial charge in [-0.3, -0.25) is 0 Å². The van der Waals surface area contributed by atoms with Crippen LogP contribution in [0.2, 0.25) is 0 Å². The minimum absolute atomic E-state index is 0.0781. The molecule has 0 aliphatic carbocycles. The minimum atomic E-state index is -1.01. The lowest BCUT2D eigenvalue weighted by molar-refractivity contribution is 0.0693. The molecule has 0 aliphatic heterocycles. The van der Waals surface area contributed by atoms with Crippen molar-refractivity contribution >= 4 is 27.5 Å². The monoisotopic (exact) mass is 194 g/mol. The second-order valence-corrected chi connectivity index (χ2v) is 3.84. The Bertz CT molecular complexity index is 478. The quantitative estimate of drug-likeness (QED) is 0.750. The van der Waals surface area contributed by atoms with Gasteiger partial charge < -0.3 is 5.11 Å². The van der Waals surface area contributed by atoms with Crippen LogP contribution in [0.5, 0.6) is 0 Å². The molecule has 13 heavy (non-hydrogen) atoms. The van der Waals surface area contributed by atoms with Gasteiger partial charge in [0.25, 0.3) is 0 Å². The summed E-state index contributed by atoms with van der Waals surface area (Å²) in [5.41, 5.74) is 0.0781. The molecule has 0 radical (unpaired) electrons. The Morgan fingerprint density at radius 2 is 2.31 bits per heavy atom. The molecule has 0 aromatic carbocycles. The van der Waals surface area contributed by atoms with Crippen LogP contribution in [0.3, 0.4) is 0 Å². The third-order valence-corrected chi connectivity index (χ3v) is 2.61. The van der Waals surface area contributed by atoms with Gasteiger partial charge in [-0.25, -0.2) is 14.8 Å². The molecule has 0 spiro atoms. The van der Waals surface area contributed by atoms with E-state index in [1.165, 1.54) is 17.7 Å². The fourth-order valence-electron chi connectivity index (χ4n) is 1.15. The number of hydrogen-bond donors (Lipinski definition) is 1. The van der Waals surface area contributed by atoms with Gasteiger partial charge in [-0.1, -0.05) is 0 Å². The third-order valence-electron chi connectivity index (χ3n) is 1.66. The molecular weight excluding hydrogens is 188 g/mol. The summed E-state index contributed by atoms with van der Waals surface area (Å²) >= 11 is 1.47. The number of aryl methyl sites for hydroxylation is 1. The molecule has 4 nitrogen and oxygen atoms in total. The fourth-order valence-corrected chi connectivity index (χ4v) is 1.99. The standard InChI is InChI=1S/C8H6N2O2S/c1-4-2-5-6(8(11)12)9-3-10-7(5)13-4/h2-3H,1H3,(H,11,12). The summed E-state index contributed by atoms with van der Waals surface area (Å²) in [5.74, 6) is -1.01. The Morgan fingerprint density at radius 3 is 3.00 bits per heavy atom. The summed E-state index contributed by atoms with van der Waals surface area (Å²) in [5, 5.41) is 9.43. The average Bonchev–Trinajstić information content (AvgIpc) is 2.43. The van der Waals surface area contributed by atoms with Gasteiger partial charge >= 0.3 is 5.97 Å². The number of carboxylic acids is 1. The van der Waals surface area contributed by atoms with Crippen LogP contribution in [-0.4, -0.2) is 21.0 Å². The van der Waals surface area contributed by atoms with E-state index < -0.39 is 5.97 Å². The van der Waals surface area contributed by atoms with Crippen molar-refractivity contribution in [2.75, 3.05) is 0 Å². The molecule has 0 aliphatic rings. The predicted octanol–water partition coefficient (Wildman–Crippen LogP) is 1.70. The van der Waals surface area contributed by atoms with E-state index in [1.807, 2.05) is 6.92 Å². The van der Waals surface area contributed by atoms with E-state index in [4.69, 9.17) is 5.11 Å². The molecule has 0 amide bonds. The molecule has 2 aromatic heterocycles. The van der Waals surface area contributed by atoms with Crippen LogP contribution >= 0.6 is 11.3 Å². The molecule has 0 saturated heterocycles. The van der Waals surface area contributed by atoms with Crippen LogP contribution < -0.4 is 0 Å². The van der Waals surface area contributed by atoms with E-state index >= 15 is 0 Å². The number of carboxylic acid groups (broad SMARTS) is 1. The molecule has 0 saturated carbocycles. The summed E-state index contributed by atoms with van der Waals surface area (Å²) in [7, 11) is 0. The topological polar surface area (TPSA) is 63.1 Å². The summed E-state index contributed by atoms with van der Waals surface area (Å²) in [6.45, 7) is 1.91. The Morgan fingerprint density at radius 1 is 1.54 bits per heavy atom. The molecule has 5 heteroatoms. The molecular formula is C8H6N2O2S. The van der Waals surface area contributed by atoms with E-state index in [0.717, 1.165) is 9.71 Å². The van der Waals surface area contributed by atoms with E-state index in [2.05, 4.69) is 9.97 Å². The first-order valence-corrected chi connectivity index (χ1v) is 4.44. The van der Waals surface area contributed by atoms with Crippen molar-refractivity contribution in [3.8, 4) is 0 Å². The van der Waals surface area contributed by atoms with Crippen LogP contribution in [0.1, 0.15) is 15.4 Å². The van der Waals surface area contributed by atoms with Crippen molar-refractivity contribution in [2.24, 2.45) is 0 Å². The van der Waals surface area contributed by atoms with E-state index in [9.17, 15) is 4.79 Å². The number of aromatic carboxylic acids is 1. The number of nitrogens with zero attached hydrogens (tertiary/aromatic N) is 2. The fraction of sp³-hybridized carbons (Fsp3) is 0.125. The zero-order valence-corrected chi connectivity index (χ0v) is 7.63. The normalized spacial score (nSPS) is 10.5. The van der Waals surface area contributed by atoms with E-state index in [1.54, 1.807) is 6.07 Å². The molecule has 2 heterocycles. The number of carbonyl (C=O) groups is 1. The molecule has 0 fully saturated rings. The van der Waals surface area contributed by atoms with E-state index in [0.29, 0.717) is 5.39 Å². The lowest BCUT2D eigenvalue weighted by Gasteiger charge is -1.92. The Labute approximate surface area is 77.9 Å². The third kappa shape index (κ3) is 1.27. The SMILES string of the molecule is Cc1cc2c(C(=O)O)ncnc2s1. The highest BCUT2D eigenvalue weighted by Crippen LogP contribution is 2.24. The van der Waals surface area contributed by atoms with Crippen molar-refractivity contribution in [1.29, 1.82) is 0 Å². The van der Waals surface area contributed by atoms with Crippen LogP contribution in [0.4, 0.5) is 0 Å². The highest BCUT2D eigenvalue weighted by molar-refractivity contribution is 7.18. The van der Waals surface area contributed by atoms with Crippen LogP contribution in [0, 0.1) is 6.92 Å². The van der Waals surface area contributed by atoms with Gasteiger partial charge in [0, 0.05) is 10.3 Å². The molecule has 66 valence electrons.